The highest BCUT2D eigenvalue weighted by molar-refractivity contribution is 5.69. The van der Waals surface area contributed by atoms with E-state index in [1.54, 1.807) is 44.4 Å². The first kappa shape index (κ1) is 18.6. The van der Waals surface area contributed by atoms with Crippen LogP contribution in [0.3, 0.4) is 0 Å². The number of rotatable bonds is 6. The molecule has 3 nitrogen and oxygen atoms in total. The average molecular weight is 349 g/mol. The number of ether oxygens (including phenoxy) is 2. The average Bonchev–Trinajstić information content (AvgIpc) is 2.60. The SMILES string of the molecule is C=NC(=CC)c1cc(OCc2ccc(OC)cc2)cc(C(F)(F)F)c1. The molecule has 132 valence electrons. The zero-order valence-electron chi connectivity index (χ0n) is 13.9. The fourth-order valence-corrected chi connectivity index (χ4v) is 2.23. The van der Waals surface area contributed by atoms with Crippen molar-refractivity contribution in [3.63, 3.8) is 0 Å². The highest BCUT2D eigenvalue weighted by Gasteiger charge is 2.31. The molecule has 0 fully saturated rings. The van der Waals surface area contributed by atoms with Crippen LogP contribution in [-0.4, -0.2) is 13.8 Å². The Labute approximate surface area is 144 Å². The van der Waals surface area contributed by atoms with Gasteiger partial charge in [0.1, 0.15) is 18.1 Å². The fourth-order valence-electron chi connectivity index (χ4n) is 2.23. The van der Waals surface area contributed by atoms with Crippen molar-refractivity contribution in [2.75, 3.05) is 7.11 Å². The molecule has 2 aromatic rings. The van der Waals surface area contributed by atoms with E-state index in [1.165, 1.54) is 6.07 Å². The zero-order chi connectivity index (χ0) is 18.4. The second-order valence-corrected chi connectivity index (χ2v) is 5.21. The number of nitrogens with zero attached hydrogens (tertiary/aromatic N) is 1. The van der Waals surface area contributed by atoms with Crippen LogP contribution in [0, 0.1) is 0 Å². The van der Waals surface area contributed by atoms with Crippen molar-refractivity contribution >= 4 is 12.4 Å². The summed E-state index contributed by atoms with van der Waals surface area (Å²) in [6, 6.07) is 10.6. The summed E-state index contributed by atoms with van der Waals surface area (Å²) in [4.78, 5) is 3.75. The van der Waals surface area contributed by atoms with Crippen LogP contribution in [0.4, 0.5) is 13.2 Å². The van der Waals surface area contributed by atoms with E-state index >= 15 is 0 Å². The van der Waals surface area contributed by atoms with Crippen LogP contribution >= 0.6 is 0 Å². The smallest absolute Gasteiger partial charge is 0.416 e. The zero-order valence-corrected chi connectivity index (χ0v) is 13.9. The third-order valence-corrected chi connectivity index (χ3v) is 3.54. The van der Waals surface area contributed by atoms with E-state index in [2.05, 4.69) is 11.7 Å². The Bertz CT molecular complexity index is 765. The highest BCUT2D eigenvalue weighted by atomic mass is 19.4. The first-order valence-electron chi connectivity index (χ1n) is 7.48. The van der Waals surface area contributed by atoms with Crippen molar-refractivity contribution in [3.8, 4) is 11.5 Å². The maximum Gasteiger partial charge on any atom is 0.416 e. The van der Waals surface area contributed by atoms with Gasteiger partial charge in [-0.3, -0.25) is 4.99 Å². The second-order valence-electron chi connectivity index (χ2n) is 5.21. The van der Waals surface area contributed by atoms with Gasteiger partial charge in [0.2, 0.25) is 0 Å². The van der Waals surface area contributed by atoms with Gasteiger partial charge in [0.15, 0.2) is 0 Å². The first-order chi connectivity index (χ1) is 11.9. The molecule has 0 saturated heterocycles. The minimum absolute atomic E-state index is 0.114. The summed E-state index contributed by atoms with van der Waals surface area (Å²) in [5.74, 6) is 0.809. The molecule has 0 amide bonds. The van der Waals surface area contributed by atoms with E-state index in [4.69, 9.17) is 9.47 Å². The molecule has 0 aliphatic rings. The summed E-state index contributed by atoms with van der Waals surface area (Å²) in [7, 11) is 1.56. The molecule has 0 bridgehead atoms. The van der Waals surface area contributed by atoms with Crippen LogP contribution in [0.25, 0.3) is 5.70 Å². The molecule has 0 aliphatic heterocycles. The third-order valence-electron chi connectivity index (χ3n) is 3.54. The summed E-state index contributed by atoms with van der Waals surface area (Å²) in [5, 5.41) is 0. The molecule has 0 saturated carbocycles. The maximum absolute atomic E-state index is 13.1. The molecule has 0 N–H and O–H groups in total. The lowest BCUT2D eigenvalue weighted by Gasteiger charge is -2.13. The Morgan fingerprint density at radius 2 is 1.80 bits per heavy atom. The maximum atomic E-state index is 13.1. The Morgan fingerprint density at radius 1 is 1.12 bits per heavy atom. The Kier molecular flexibility index (Phi) is 5.85. The van der Waals surface area contributed by atoms with Gasteiger partial charge in [-0.2, -0.15) is 13.2 Å². The molecule has 0 aromatic heterocycles. The molecule has 2 aromatic carbocycles. The number of allylic oxidation sites excluding steroid dienone is 1. The lowest BCUT2D eigenvalue weighted by molar-refractivity contribution is -0.137. The number of aliphatic imine (C=N–C) groups is 1. The largest absolute Gasteiger partial charge is 0.497 e. The standard InChI is InChI=1S/C19H18F3NO2/c1-4-18(23-2)14-9-15(19(20,21)22)11-17(10-14)25-12-13-5-7-16(24-3)8-6-13/h4-11H,2,12H2,1,3H3. The third kappa shape index (κ3) is 4.86. The van der Waals surface area contributed by atoms with Crippen LogP contribution in [0.1, 0.15) is 23.6 Å². The van der Waals surface area contributed by atoms with E-state index in [0.717, 1.165) is 17.7 Å². The first-order valence-corrected chi connectivity index (χ1v) is 7.48. The van der Waals surface area contributed by atoms with E-state index in [1.807, 2.05) is 0 Å². The molecule has 25 heavy (non-hydrogen) atoms. The number of alkyl halides is 3. The topological polar surface area (TPSA) is 30.8 Å². The predicted octanol–water partition coefficient (Wildman–Crippen LogP) is 5.35. The Hall–Kier alpha value is -2.76. The lowest BCUT2D eigenvalue weighted by Crippen LogP contribution is -2.06. The summed E-state index contributed by atoms with van der Waals surface area (Å²) in [6.07, 6.45) is -2.88. The van der Waals surface area contributed by atoms with Gasteiger partial charge in [0.05, 0.1) is 18.4 Å². The molecule has 0 radical (unpaired) electrons. The van der Waals surface area contributed by atoms with Gasteiger partial charge < -0.3 is 9.47 Å². The van der Waals surface area contributed by atoms with E-state index in [-0.39, 0.29) is 12.4 Å². The van der Waals surface area contributed by atoms with E-state index in [9.17, 15) is 13.2 Å². The fraction of sp³-hybridized carbons (Fsp3) is 0.211. The molecule has 0 spiro atoms. The monoisotopic (exact) mass is 349 g/mol. The van der Waals surface area contributed by atoms with Crippen LogP contribution in [0.5, 0.6) is 11.5 Å². The predicted molar refractivity (Wildman–Crippen MR) is 92.0 cm³/mol. The van der Waals surface area contributed by atoms with Crippen molar-refractivity contribution in [1.82, 2.24) is 0 Å². The van der Waals surface area contributed by atoms with E-state index in [0.29, 0.717) is 17.0 Å². The molecule has 6 heteroatoms. The Balaban J connectivity index is 2.29. The van der Waals surface area contributed by atoms with Crippen LogP contribution in [0.15, 0.2) is 53.5 Å². The van der Waals surface area contributed by atoms with Crippen LogP contribution in [-0.2, 0) is 12.8 Å². The minimum Gasteiger partial charge on any atom is -0.497 e. The normalized spacial score (nSPS) is 12.0. The van der Waals surface area contributed by atoms with Crippen molar-refractivity contribution in [2.24, 2.45) is 4.99 Å². The summed E-state index contributed by atoms with van der Waals surface area (Å²) < 4.78 is 50.0. The highest BCUT2D eigenvalue weighted by Crippen LogP contribution is 2.34. The van der Waals surface area contributed by atoms with Crippen molar-refractivity contribution in [3.05, 3.63) is 65.2 Å². The molecule has 0 unspecified atom stereocenters. The number of hydrogen-bond acceptors (Lipinski definition) is 3. The van der Waals surface area contributed by atoms with Gasteiger partial charge in [-0.25, -0.2) is 0 Å². The minimum atomic E-state index is -4.48. The summed E-state index contributed by atoms with van der Waals surface area (Å²) in [5.41, 5.74) is 0.683. The van der Waals surface area contributed by atoms with Crippen molar-refractivity contribution in [1.29, 1.82) is 0 Å². The molecular weight excluding hydrogens is 331 g/mol. The summed E-state index contributed by atoms with van der Waals surface area (Å²) >= 11 is 0. The number of methoxy groups -OCH3 is 1. The van der Waals surface area contributed by atoms with Crippen molar-refractivity contribution in [2.45, 2.75) is 19.7 Å². The number of benzene rings is 2. The Morgan fingerprint density at radius 3 is 2.32 bits per heavy atom. The summed E-state index contributed by atoms with van der Waals surface area (Å²) in [6.45, 7) is 5.21. The van der Waals surface area contributed by atoms with Gasteiger partial charge in [0.25, 0.3) is 0 Å². The van der Waals surface area contributed by atoms with Crippen LogP contribution in [0.2, 0.25) is 0 Å². The van der Waals surface area contributed by atoms with Gasteiger partial charge in [0, 0.05) is 5.56 Å². The van der Waals surface area contributed by atoms with Crippen molar-refractivity contribution < 1.29 is 22.6 Å². The number of halogens is 3. The van der Waals surface area contributed by atoms with Gasteiger partial charge in [-0.1, -0.05) is 18.2 Å². The molecule has 0 aliphatic carbocycles. The molecule has 2 rings (SSSR count). The quantitative estimate of drug-likeness (QED) is 0.658. The van der Waals surface area contributed by atoms with Crippen LogP contribution < -0.4 is 9.47 Å². The molecule has 0 heterocycles. The van der Waals surface area contributed by atoms with E-state index < -0.39 is 11.7 Å². The lowest BCUT2D eigenvalue weighted by atomic mass is 10.1. The van der Waals surface area contributed by atoms with Gasteiger partial charge in [-0.15, -0.1) is 0 Å². The molecule has 0 atom stereocenters. The number of hydrogen-bond donors (Lipinski definition) is 0. The second kappa shape index (κ2) is 7.88. The van der Waals surface area contributed by atoms with Gasteiger partial charge in [-0.05, 0) is 49.5 Å². The van der Waals surface area contributed by atoms with Gasteiger partial charge >= 0.3 is 6.18 Å². The molecular formula is C19H18F3NO2.